The van der Waals surface area contributed by atoms with Gasteiger partial charge >= 0.3 is 5.97 Å². The Morgan fingerprint density at radius 1 is 1.04 bits per heavy atom. The van der Waals surface area contributed by atoms with Gasteiger partial charge in [-0.15, -0.1) is 0 Å². The lowest BCUT2D eigenvalue weighted by molar-refractivity contribution is -0.147. The summed E-state index contributed by atoms with van der Waals surface area (Å²) in [7, 11) is 0. The van der Waals surface area contributed by atoms with E-state index < -0.39 is 5.97 Å². The molecule has 3 rings (SSSR count). The minimum Gasteiger partial charge on any atom is -0.482 e. The molecule has 0 atom stereocenters. The number of furan rings is 1. The van der Waals surface area contributed by atoms with Gasteiger partial charge < -0.3 is 13.9 Å². The summed E-state index contributed by atoms with van der Waals surface area (Å²) < 4.78 is 16.4. The smallest absolute Gasteiger partial charge is 0.344 e. The van der Waals surface area contributed by atoms with Crippen LogP contribution >= 0.6 is 23.2 Å². The number of halogens is 2. The summed E-state index contributed by atoms with van der Waals surface area (Å²) in [6, 6.07) is 14.5. The minimum absolute atomic E-state index is 0.00712. The number of aryl methyl sites for hydroxylation is 1. The summed E-state index contributed by atoms with van der Waals surface area (Å²) in [4.78, 5) is 11.9. The predicted octanol–water partition coefficient (Wildman–Crippen LogP) is 5.99. The molecule has 0 fully saturated rings. The van der Waals surface area contributed by atoms with Crippen LogP contribution in [0.1, 0.15) is 16.9 Å². The van der Waals surface area contributed by atoms with Gasteiger partial charge in [-0.2, -0.15) is 0 Å². The van der Waals surface area contributed by atoms with Crippen molar-refractivity contribution in [3.05, 3.63) is 75.5 Å². The third-order valence-corrected chi connectivity index (χ3v) is 4.97. The second kappa shape index (κ2) is 8.51. The highest BCUT2D eigenvalue weighted by Crippen LogP contribution is 2.34. The fourth-order valence-corrected chi connectivity index (χ4v) is 2.90. The highest BCUT2D eigenvalue weighted by atomic mass is 35.5. The quantitative estimate of drug-likeness (QED) is 0.473. The molecule has 0 spiro atoms. The Morgan fingerprint density at radius 3 is 2.63 bits per heavy atom. The van der Waals surface area contributed by atoms with E-state index in [2.05, 4.69) is 0 Å². The summed E-state index contributed by atoms with van der Waals surface area (Å²) >= 11 is 12.2. The van der Waals surface area contributed by atoms with E-state index in [1.807, 2.05) is 32.0 Å². The van der Waals surface area contributed by atoms with E-state index in [0.29, 0.717) is 32.9 Å². The molecule has 1 heterocycles. The number of esters is 1. The molecule has 0 aliphatic heterocycles. The number of hydrogen-bond acceptors (Lipinski definition) is 4. The van der Waals surface area contributed by atoms with Gasteiger partial charge in [-0.05, 0) is 55.3 Å². The van der Waals surface area contributed by atoms with Crippen LogP contribution in [0.4, 0.5) is 0 Å². The van der Waals surface area contributed by atoms with E-state index in [9.17, 15) is 4.79 Å². The van der Waals surface area contributed by atoms with E-state index >= 15 is 0 Å². The van der Waals surface area contributed by atoms with Gasteiger partial charge in [-0.1, -0.05) is 41.4 Å². The topological polar surface area (TPSA) is 48.7 Å². The van der Waals surface area contributed by atoms with Gasteiger partial charge in [0, 0.05) is 5.56 Å². The highest BCUT2D eigenvalue weighted by Gasteiger charge is 2.13. The molecule has 3 aromatic rings. The molecule has 0 unspecified atom stereocenters. The molecule has 6 heteroatoms. The number of carbonyl (C=O) groups excluding carboxylic acids is 1. The summed E-state index contributed by atoms with van der Waals surface area (Å²) in [5.41, 5.74) is 2.78. The average molecular weight is 405 g/mol. The third-order valence-electron chi connectivity index (χ3n) is 4.15. The Balaban J connectivity index is 1.56. The first-order chi connectivity index (χ1) is 13.0. The first-order valence-electron chi connectivity index (χ1n) is 8.33. The van der Waals surface area contributed by atoms with Crippen LogP contribution in [0.5, 0.6) is 5.75 Å². The van der Waals surface area contributed by atoms with Gasteiger partial charge in [0.2, 0.25) is 0 Å². The molecular formula is C21H18Cl2O4. The van der Waals surface area contributed by atoms with Crippen molar-refractivity contribution < 1.29 is 18.7 Å². The normalized spacial score (nSPS) is 10.7. The Morgan fingerprint density at radius 2 is 1.81 bits per heavy atom. The second-order valence-electron chi connectivity index (χ2n) is 6.01. The molecule has 0 N–H and O–H groups in total. The van der Waals surface area contributed by atoms with E-state index in [1.165, 1.54) is 0 Å². The molecule has 0 aliphatic rings. The molecule has 0 aliphatic carbocycles. The molecule has 2 aromatic carbocycles. The van der Waals surface area contributed by atoms with Gasteiger partial charge in [0.15, 0.2) is 6.61 Å². The van der Waals surface area contributed by atoms with E-state index in [0.717, 1.165) is 11.1 Å². The van der Waals surface area contributed by atoms with Crippen LogP contribution in [-0.4, -0.2) is 12.6 Å². The molecule has 0 saturated carbocycles. The van der Waals surface area contributed by atoms with Gasteiger partial charge in [0.05, 0.1) is 10.0 Å². The van der Waals surface area contributed by atoms with Crippen molar-refractivity contribution in [2.45, 2.75) is 20.5 Å². The molecule has 0 bridgehead atoms. The first-order valence-corrected chi connectivity index (χ1v) is 9.09. The molecule has 140 valence electrons. The first kappa shape index (κ1) is 19.3. The number of carbonyl (C=O) groups is 1. The standard InChI is InChI=1S/C21H18Cl2O4/c1-13-5-3-8-18(14(13)2)25-12-20(24)26-11-15-9-10-19(27-15)16-6-4-7-17(22)21(16)23/h3-10H,11-12H2,1-2H3. The molecule has 1 aromatic heterocycles. The Labute approximate surface area is 167 Å². The Bertz CT molecular complexity index is 963. The maximum absolute atomic E-state index is 11.9. The average Bonchev–Trinajstić information content (AvgIpc) is 3.12. The Hall–Kier alpha value is -2.43. The van der Waals surface area contributed by atoms with Crippen molar-refractivity contribution in [1.29, 1.82) is 0 Å². The third kappa shape index (κ3) is 4.65. The van der Waals surface area contributed by atoms with Crippen LogP contribution in [0.25, 0.3) is 11.3 Å². The lowest BCUT2D eigenvalue weighted by Crippen LogP contribution is -2.15. The predicted molar refractivity (Wildman–Crippen MR) is 105 cm³/mol. The summed E-state index contributed by atoms with van der Waals surface area (Å²) in [6.07, 6.45) is 0. The monoisotopic (exact) mass is 404 g/mol. The zero-order chi connectivity index (χ0) is 19.4. The van der Waals surface area contributed by atoms with Crippen LogP contribution < -0.4 is 4.74 Å². The summed E-state index contributed by atoms with van der Waals surface area (Å²) in [5.74, 6) is 1.25. The van der Waals surface area contributed by atoms with Crippen molar-refractivity contribution in [2.75, 3.05) is 6.61 Å². The van der Waals surface area contributed by atoms with Crippen molar-refractivity contribution >= 4 is 29.2 Å². The highest BCUT2D eigenvalue weighted by molar-refractivity contribution is 6.43. The van der Waals surface area contributed by atoms with Crippen LogP contribution in [-0.2, 0) is 16.1 Å². The van der Waals surface area contributed by atoms with Gasteiger partial charge in [0.25, 0.3) is 0 Å². The maximum Gasteiger partial charge on any atom is 0.344 e. The largest absolute Gasteiger partial charge is 0.482 e. The molecule has 27 heavy (non-hydrogen) atoms. The fourth-order valence-electron chi connectivity index (χ4n) is 2.50. The molecule has 4 nitrogen and oxygen atoms in total. The van der Waals surface area contributed by atoms with Gasteiger partial charge in [-0.3, -0.25) is 0 Å². The van der Waals surface area contributed by atoms with Gasteiger partial charge in [0.1, 0.15) is 23.9 Å². The zero-order valence-corrected chi connectivity index (χ0v) is 16.4. The van der Waals surface area contributed by atoms with Crippen molar-refractivity contribution in [3.63, 3.8) is 0 Å². The second-order valence-corrected chi connectivity index (χ2v) is 6.80. The summed E-state index contributed by atoms with van der Waals surface area (Å²) in [6.45, 7) is 3.77. The SMILES string of the molecule is Cc1cccc(OCC(=O)OCc2ccc(-c3cccc(Cl)c3Cl)o2)c1C. The summed E-state index contributed by atoms with van der Waals surface area (Å²) in [5, 5.41) is 0.862. The fraction of sp³-hybridized carbons (Fsp3) is 0.190. The van der Waals surface area contributed by atoms with Crippen LogP contribution in [0.15, 0.2) is 52.9 Å². The maximum atomic E-state index is 11.9. The molecule has 0 amide bonds. The minimum atomic E-state index is -0.477. The van der Waals surface area contributed by atoms with Crippen LogP contribution in [0.3, 0.4) is 0 Å². The number of hydrogen-bond donors (Lipinski definition) is 0. The van der Waals surface area contributed by atoms with Crippen molar-refractivity contribution in [3.8, 4) is 17.1 Å². The number of benzene rings is 2. The lowest BCUT2D eigenvalue weighted by Gasteiger charge is -2.10. The Kier molecular flexibility index (Phi) is 6.09. The van der Waals surface area contributed by atoms with Gasteiger partial charge in [-0.25, -0.2) is 4.79 Å². The van der Waals surface area contributed by atoms with Crippen LogP contribution in [0, 0.1) is 13.8 Å². The number of ether oxygens (including phenoxy) is 2. The molecular weight excluding hydrogens is 387 g/mol. The number of rotatable bonds is 6. The lowest BCUT2D eigenvalue weighted by atomic mass is 10.1. The van der Waals surface area contributed by atoms with E-state index in [-0.39, 0.29) is 13.2 Å². The van der Waals surface area contributed by atoms with Crippen LogP contribution in [0.2, 0.25) is 10.0 Å². The van der Waals surface area contributed by atoms with E-state index in [4.69, 9.17) is 37.1 Å². The van der Waals surface area contributed by atoms with E-state index in [1.54, 1.807) is 30.3 Å². The van der Waals surface area contributed by atoms with Crippen molar-refractivity contribution in [1.82, 2.24) is 0 Å². The molecule has 0 saturated heterocycles. The molecule has 0 radical (unpaired) electrons. The van der Waals surface area contributed by atoms with Crippen molar-refractivity contribution in [2.24, 2.45) is 0 Å². The zero-order valence-electron chi connectivity index (χ0n) is 14.9.